The molecule has 0 bridgehead atoms. The van der Waals surface area contributed by atoms with Gasteiger partial charge in [-0.25, -0.2) is 4.98 Å². The van der Waals surface area contributed by atoms with E-state index in [1.807, 2.05) is 29.3 Å². The summed E-state index contributed by atoms with van der Waals surface area (Å²) in [5.41, 5.74) is 6.27. The van der Waals surface area contributed by atoms with E-state index in [1.54, 1.807) is 7.11 Å². The maximum absolute atomic E-state index is 13.3. The molecule has 0 N–H and O–H groups in total. The summed E-state index contributed by atoms with van der Waals surface area (Å²) in [6, 6.07) is 23.1. The molecule has 224 valence electrons. The standard InChI is InChI=1S/C35H41N5O3/c1-37-17-19-38(20-18-37)23-27-7-9-31(10-8-27)35(41)39-14-11-30(12-15-39)33-21-32-13-16-40(34(32)36-22-33)24-28-3-5-29(6-4-28)25-43-26-42-2/h3,5,7-10,13,16,21-22,30H,11-12,14-15,17-20,23-26H2,1-2H3. The quantitative estimate of drug-likeness (QED) is 0.203. The lowest BCUT2D eigenvalue weighted by Crippen LogP contribution is -2.43. The van der Waals surface area contributed by atoms with E-state index in [0.717, 1.165) is 86.4 Å². The van der Waals surface area contributed by atoms with Crippen LogP contribution in [-0.2, 0) is 29.2 Å². The largest absolute Gasteiger partial charge is 0.359 e. The fourth-order valence-corrected chi connectivity index (χ4v) is 6.10. The molecule has 2 aromatic heterocycles. The Morgan fingerprint density at radius 2 is 1.67 bits per heavy atom. The summed E-state index contributed by atoms with van der Waals surface area (Å²) >= 11 is 0. The monoisotopic (exact) mass is 579 g/mol. The van der Waals surface area contributed by atoms with E-state index < -0.39 is 0 Å². The Morgan fingerprint density at radius 1 is 0.930 bits per heavy atom. The number of carbonyl (C=O) groups excluding carboxylic acids is 1. The molecule has 0 atom stereocenters. The molecule has 43 heavy (non-hydrogen) atoms. The highest BCUT2D eigenvalue weighted by Crippen LogP contribution is 2.30. The van der Waals surface area contributed by atoms with Crippen LogP contribution >= 0.6 is 0 Å². The first-order chi connectivity index (χ1) is 21.1. The van der Waals surface area contributed by atoms with Crippen LogP contribution in [0.1, 0.15) is 51.4 Å². The molecule has 0 unspecified atom stereocenters. The van der Waals surface area contributed by atoms with Crippen molar-refractivity contribution in [2.24, 2.45) is 0 Å². The molecule has 8 heteroatoms. The van der Waals surface area contributed by atoms with Crippen LogP contribution in [0.3, 0.4) is 0 Å². The molecule has 2 aromatic carbocycles. The van der Waals surface area contributed by atoms with E-state index in [2.05, 4.69) is 70.1 Å². The number of methoxy groups -OCH3 is 1. The number of carbonyl (C=O) groups is 1. The lowest BCUT2D eigenvalue weighted by atomic mass is 9.90. The SMILES string of the molecule is COCOCc1c#cc(Cn2ccc3cc(C4CCN(C(=O)c5ccc(CN6CCN(C)CC6)cc5)CC4)cnc32)cc1. The summed E-state index contributed by atoms with van der Waals surface area (Å²) in [5.74, 6) is 0.547. The third-order valence-electron chi connectivity index (χ3n) is 8.75. The fraction of sp³-hybridized carbons (Fsp3) is 0.429. The van der Waals surface area contributed by atoms with Crippen molar-refractivity contribution in [3.63, 3.8) is 0 Å². The zero-order chi connectivity index (χ0) is 29.6. The van der Waals surface area contributed by atoms with Gasteiger partial charge in [0.05, 0.1) is 13.2 Å². The van der Waals surface area contributed by atoms with Gasteiger partial charge in [0.2, 0.25) is 0 Å². The molecule has 1 amide bonds. The number of hydrogen-bond donors (Lipinski definition) is 0. The van der Waals surface area contributed by atoms with E-state index in [1.165, 1.54) is 11.1 Å². The Kier molecular flexibility index (Phi) is 9.35. The van der Waals surface area contributed by atoms with E-state index in [0.29, 0.717) is 19.1 Å². The number of ether oxygens (including phenoxy) is 2. The van der Waals surface area contributed by atoms with Gasteiger partial charge >= 0.3 is 0 Å². The molecule has 6 rings (SSSR count). The lowest BCUT2D eigenvalue weighted by molar-refractivity contribution is -0.0390. The number of hydrogen-bond acceptors (Lipinski definition) is 6. The number of rotatable bonds is 10. The van der Waals surface area contributed by atoms with Crippen LogP contribution in [-0.4, -0.2) is 90.4 Å². The van der Waals surface area contributed by atoms with Gasteiger partial charge in [0.1, 0.15) is 12.4 Å². The summed E-state index contributed by atoms with van der Waals surface area (Å²) < 4.78 is 12.5. The molecule has 0 saturated carbocycles. The first kappa shape index (κ1) is 29.3. The number of piperazine rings is 1. The van der Waals surface area contributed by atoms with Crippen molar-refractivity contribution in [2.75, 3.05) is 60.2 Å². The number of pyridine rings is 1. The number of likely N-dealkylation sites (N-methyl/N-ethyl adjacent to an activating group) is 1. The summed E-state index contributed by atoms with van der Waals surface area (Å²) in [6.45, 7) is 8.31. The second kappa shape index (κ2) is 13.7. The topological polar surface area (TPSA) is 63.1 Å². The molecule has 0 spiro atoms. The van der Waals surface area contributed by atoms with Crippen molar-refractivity contribution in [3.8, 4) is 0 Å². The molecule has 2 aliphatic heterocycles. The molecular formula is C35H41N5O3. The summed E-state index contributed by atoms with van der Waals surface area (Å²) in [5, 5.41) is 1.14. The van der Waals surface area contributed by atoms with Crippen molar-refractivity contribution >= 4 is 16.9 Å². The van der Waals surface area contributed by atoms with Crippen LogP contribution in [0.5, 0.6) is 0 Å². The molecule has 0 radical (unpaired) electrons. The molecule has 4 aromatic rings. The predicted octanol–water partition coefficient (Wildman–Crippen LogP) is 4.57. The minimum absolute atomic E-state index is 0.139. The van der Waals surface area contributed by atoms with Gasteiger partial charge in [-0.15, -0.1) is 0 Å². The van der Waals surface area contributed by atoms with Gasteiger partial charge in [-0.3, -0.25) is 9.69 Å². The second-order valence-electron chi connectivity index (χ2n) is 11.9. The van der Waals surface area contributed by atoms with Crippen LogP contribution in [0.2, 0.25) is 0 Å². The third kappa shape index (κ3) is 7.26. The van der Waals surface area contributed by atoms with Crippen molar-refractivity contribution < 1.29 is 14.3 Å². The predicted molar refractivity (Wildman–Crippen MR) is 167 cm³/mol. The maximum atomic E-state index is 13.3. The smallest absolute Gasteiger partial charge is 0.253 e. The van der Waals surface area contributed by atoms with Crippen LogP contribution in [0.15, 0.2) is 60.9 Å². The van der Waals surface area contributed by atoms with Crippen molar-refractivity contribution in [2.45, 2.75) is 38.5 Å². The highest BCUT2D eigenvalue weighted by Gasteiger charge is 2.25. The minimum atomic E-state index is 0.139. The zero-order valence-corrected chi connectivity index (χ0v) is 25.3. The third-order valence-corrected chi connectivity index (χ3v) is 8.75. The van der Waals surface area contributed by atoms with Crippen LogP contribution in [0.25, 0.3) is 11.0 Å². The Hall–Kier alpha value is -3.74. The number of piperidine rings is 1. The van der Waals surface area contributed by atoms with Crippen LogP contribution < -0.4 is 0 Å². The van der Waals surface area contributed by atoms with Gasteiger partial charge in [0.15, 0.2) is 0 Å². The molecule has 2 aliphatic rings. The van der Waals surface area contributed by atoms with E-state index in [9.17, 15) is 4.79 Å². The average molecular weight is 580 g/mol. The normalized spacial score (nSPS) is 16.9. The van der Waals surface area contributed by atoms with Gasteiger partial charge in [0.25, 0.3) is 5.91 Å². The Morgan fingerprint density at radius 3 is 2.40 bits per heavy atom. The fourth-order valence-electron chi connectivity index (χ4n) is 6.10. The van der Waals surface area contributed by atoms with Gasteiger partial charge < -0.3 is 23.8 Å². The minimum Gasteiger partial charge on any atom is -0.359 e. The van der Waals surface area contributed by atoms with Gasteiger partial charge in [0, 0.05) is 87.4 Å². The van der Waals surface area contributed by atoms with E-state index >= 15 is 0 Å². The Balaban J connectivity index is 1.01. The Bertz CT molecular complexity index is 1480. The first-order valence-corrected chi connectivity index (χ1v) is 15.3. The number of benzene rings is 1. The zero-order valence-electron chi connectivity index (χ0n) is 25.3. The molecule has 0 aliphatic carbocycles. The lowest BCUT2D eigenvalue weighted by Gasteiger charge is -2.33. The van der Waals surface area contributed by atoms with Crippen molar-refractivity contribution in [1.29, 1.82) is 0 Å². The first-order valence-electron chi connectivity index (χ1n) is 15.3. The summed E-state index contributed by atoms with van der Waals surface area (Å²) in [6.07, 6.45) is 6.01. The number of amides is 1. The second-order valence-corrected chi connectivity index (χ2v) is 11.9. The highest BCUT2D eigenvalue weighted by molar-refractivity contribution is 5.94. The number of nitrogens with zero attached hydrogens (tertiary/aromatic N) is 5. The van der Waals surface area contributed by atoms with Gasteiger partial charge in [-0.2, -0.15) is 0 Å². The number of likely N-dealkylation sites (tertiary alicyclic amines) is 1. The maximum Gasteiger partial charge on any atom is 0.253 e. The summed E-state index contributed by atoms with van der Waals surface area (Å²) in [7, 11) is 3.79. The highest BCUT2D eigenvalue weighted by atomic mass is 16.7. The summed E-state index contributed by atoms with van der Waals surface area (Å²) in [4.78, 5) is 25.0. The molecule has 2 saturated heterocycles. The average Bonchev–Trinajstić information content (AvgIpc) is 3.45. The van der Waals surface area contributed by atoms with Crippen molar-refractivity contribution in [1.82, 2.24) is 24.3 Å². The number of aromatic nitrogens is 2. The van der Waals surface area contributed by atoms with Crippen LogP contribution in [0, 0.1) is 12.1 Å². The molecule has 8 nitrogen and oxygen atoms in total. The van der Waals surface area contributed by atoms with Crippen molar-refractivity contribution in [3.05, 3.63) is 101 Å². The van der Waals surface area contributed by atoms with Gasteiger partial charge in [-0.05, 0) is 73.3 Å². The van der Waals surface area contributed by atoms with E-state index in [4.69, 9.17) is 14.5 Å². The molecular weight excluding hydrogens is 538 g/mol. The van der Waals surface area contributed by atoms with E-state index in [-0.39, 0.29) is 12.7 Å². The van der Waals surface area contributed by atoms with Gasteiger partial charge in [-0.1, -0.05) is 24.3 Å². The Labute approximate surface area is 254 Å². The molecule has 4 heterocycles. The number of fused-ring (bicyclic) bond motifs is 1. The molecule has 2 fully saturated rings. The van der Waals surface area contributed by atoms with Crippen LogP contribution in [0.4, 0.5) is 0 Å².